The van der Waals surface area contributed by atoms with Gasteiger partial charge in [-0.25, -0.2) is 9.97 Å². The minimum Gasteiger partial charge on any atom is -0.330 e. The van der Waals surface area contributed by atoms with Crippen molar-refractivity contribution in [1.29, 1.82) is 0 Å². The molecule has 0 aliphatic rings. The fourth-order valence-corrected chi connectivity index (χ4v) is 3.96. The van der Waals surface area contributed by atoms with Crippen LogP contribution in [0.25, 0.3) is 22.3 Å². The highest BCUT2D eigenvalue weighted by Gasteiger charge is 2.09. The summed E-state index contributed by atoms with van der Waals surface area (Å²) in [5.74, 6) is -0.0496. The van der Waals surface area contributed by atoms with E-state index < -0.39 is 0 Å². The molecule has 2 heterocycles. The fraction of sp³-hybridized carbons (Fsp3) is 0.150. The Morgan fingerprint density at radius 2 is 2.00 bits per heavy atom. The Balaban J connectivity index is 1.37. The Labute approximate surface area is 165 Å². The number of aromatic nitrogens is 3. The third kappa shape index (κ3) is 4.04. The van der Waals surface area contributed by atoms with E-state index in [1.54, 1.807) is 18.1 Å². The third-order valence-electron chi connectivity index (χ3n) is 4.24. The Hall–Kier alpha value is -2.64. The number of para-hydroxylation sites is 2. The summed E-state index contributed by atoms with van der Waals surface area (Å²) in [4.78, 5) is 22.4. The lowest BCUT2D eigenvalue weighted by atomic mass is 10.2. The van der Waals surface area contributed by atoms with Crippen LogP contribution >= 0.6 is 23.1 Å². The molecule has 0 unspecified atom stereocenters. The van der Waals surface area contributed by atoms with Crippen LogP contribution in [0.3, 0.4) is 0 Å². The van der Waals surface area contributed by atoms with Gasteiger partial charge in [-0.2, -0.15) is 0 Å². The minimum absolute atomic E-state index is 0.0496. The molecule has 0 saturated carbocycles. The first kappa shape index (κ1) is 17.8. The van der Waals surface area contributed by atoms with Crippen molar-refractivity contribution in [2.45, 2.75) is 17.9 Å². The first-order valence-electron chi connectivity index (χ1n) is 8.52. The molecule has 1 N–H and O–H groups in total. The second-order valence-electron chi connectivity index (χ2n) is 5.99. The number of carbonyl (C=O) groups excluding carboxylic acids is 1. The van der Waals surface area contributed by atoms with Crippen LogP contribution in [0.5, 0.6) is 0 Å². The van der Waals surface area contributed by atoms with E-state index in [1.807, 2.05) is 34.2 Å². The van der Waals surface area contributed by atoms with Crippen LogP contribution < -0.4 is 5.32 Å². The predicted molar refractivity (Wildman–Crippen MR) is 112 cm³/mol. The van der Waals surface area contributed by atoms with Crippen molar-refractivity contribution in [3.05, 3.63) is 60.2 Å². The van der Waals surface area contributed by atoms with Crippen molar-refractivity contribution in [3.63, 3.8) is 0 Å². The van der Waals surface area contributed by atoms with Gasteiger partial charge in [0.15, 0.2) is 5.13 Å². The Bertz CT molecular complexity index is 1070. The van der Waals surface area contributed by atoms with Crippen molar-refractivity contribution in [2.24, 2.45) is 0 Å². The lowest BCUT2D eigenvalue weighted by Crippen LogP contribution is -2.14. The summed E-state index contributed by atoms with van der Waals surface area (Å²) in [6, 6.07) is 16.2. The van der Waals surface area contributed by atoms with Gasteiger partial charge in [0.1, 0.15) is 0 Å². The maximum absolute atomic E-state index is 12.3. The molecule has 0 aliphatic carbocycles. The van der Waals surface area contributed by atoms with Gasteiger partial charge in [0.05, 0.1) is 23.1 Å². The number of thioether (sulfide) groups is 1. The molecule has 4 aromatic rings. The van der Waals surface area contributed by atoms with Crippen molar-refractivity contribution in [3.8, 4) is 11.3 Å². The number of anilines is 1. The molecule has 4 rings (SSSR count). The van der Waals surface area contributed by atoms with Gasteiger partial charge in [0.25, 0.3) is 0 Å². The maximum Gasteiger partial charge on any atom is 0.227 e. The van der Waals surface area contributed by atoms with E-state index in [1.165, 1.54) is 16.2 Å². The number of carbonyl (C=O) groups is 1. The van der Waals surface area contributed by atoms with Gasteiger partial charge >= 0.3 is 0 Å². The van der Waals surface area contributed by atoms with E-state index in [0.717, 1.165) is 22.3 Å². The fourth-order valence-electron chi connectivity index (χ4n) is 2.82. The summed E-state index contributed by atoms with van der Waals surface area (Å²) >= 11 is 3.15. The summed E-state index contributed by atoms with van der Waals surface area (Å²) in [6.07, 6.45) is 4.20. The van der Waals surface area contributed by atoms with Gasteiger partial charge in [-0.1, -0.05) is 24.3 Å². The highest BCUT2D eigenvalue weighted by Crippen LogP contribution is 2.26. The molecule has 1 amide bonds. The minimum atomic E-state index is -0.0496. The summed E-state index contributed by atoms with van der Waals surface area (Å²) in [5, 5.41) is 5.49. The highest BCUT2D eigenvalue weighted by molar-refractivity contribution is 7.98. The average Bonchev–Trinajstić information content (AvgIpc) is 3.33. The first-order valence-corrected chi connectivity index (χ1v) is 10.6. The number of hydrogen-bond donors (Lipinski definition) is 1. The van der Waals surface area contributed by atoms with Crippen molar-refractivity contribution < 1.29 is 4.79 Å². The third-order valence-corrected chi connectivity index (χ3v) is 5.74. The molecule has 0 atom stereocenters. The molecule has 2 aromatic heterocycles. The molecule has 0 bridgehead atoms. The van der Waals surface area contributed by atoms with Gasteiger partial charge < -0.3 is 9.88 Å². The molecule has 27 heavy (non-hydrogen) atoms. The normalized spacial score (nSPS) is 11.0. The number of aryl methyl sites for hydroxylation is 1. The monoisotopic (exact) mass is 394 g/mol. The van der Waals surface area contributed by atoms with E-state index >= 15 is 0 Å². The van der Waals surface area contributed by atoms with Crippen LogP contribution in [0.15, 0.2) is 65.1 Å². The number of hydrogen-bond acceptors (Lipinski definition) is 5. The van der Waals surface area contributed by atoms with Crippen molar-refractivity contribution in [1.82, 2.24) is 14.5 Å². The number of nitrogens with one attached hydrogen (secondary N) is 1. The van der Waals surface area contributed by atoms with Crippen LogP contribution in [0.2, 0.25) is 0 Å². The van der Waals surface area contributed by atoms with Gasteiger partial charge in [-0.3, -0.25) is 4.79 Å². The molecule has 0 aliphatic heterocycles. The molecule has 7 heteroatoms. The quantitative estimate of drug-likeness (QED) is 0.472. The van der Waals surface area contributed by atoms with Gasteiger partial charge in [0, 0.05) is 28.8 Å². The van der Waals surface area contributed by atoms with E-state index in [0.29, 0.717) is 18.1 Å². The lowest BCUT2D eigenvalue weighted by molar-refractivity contribution is -0.116. The van der Waals surface area contributed by atoms with Crippen LogP contribution in [0, 0.1) is 0 Å². The molecular formula is C20H18N4OS2. The Kier molecular flexibility index (Phi) is 5.22. The van der Waals surface area contributed by atoms with E-state index in [4.69, 9.17) is 0 Å². The van der Waals surface area contributed by atoms with Gasteiger partial charge in [-0.05, 0) is 30.5 Å². The molecule has 2 aromatic carbocycles. The molecule has 0 spiro atoms. The molecular weight excluding hydrogens is 376 g/mol. The zero-order valence-corrected chi connectivity index (χ0v) is 16.4. The molecule has 136 valence electrons. The van der Waals surface area contributed by atoms with Crippen LogP contribution in [0.1, 0.15) is 6.42 Å². The second kappa shape index (κ2) is 7.94. The number of fused-ring (bicyclic) bond motifs is 1. The van der Waals surface area contributed by atoms with E-state index in [-0.39, 0.29) is 5.91 Å². The largest absolute Gasteiger partial charge is 0.330 e. The van der Waals surface area contributed by atoms with Crippen LogP contribution in [-0.4, -0.2) is 26.7 Å². The zero-order valence-electron chi connectivity index (χ0n) is 14.8. The topological polar surface area (TPSA) is 59.8 Å². The molecule has 0 saturated heterocycles. The maximum atomic E-state index is 12.3. The number of imidazole rings is 1. The number of amides is 1. The second-order valence-corrected chi connectivity index (χ2v) is 7.73. The van der Waals surface area contributed by atoms with Crippen molar-refractivity contribution in [2.75, 3.05) is 11.6 Å². The summed E-state index contributed by atoms with van der Waals surface area (Å²) in [6.45, 7) is 0.584. The zero-order chi connectivity index (χ0) is 18.6. The smallest absolute Gasteiger partial charge is 0.227 e. The Morgan fingerprint density at radius 3 is 2.81 bits per heavy atom. The summed E-state index contributed by atoms with van der Waals surface area (Å²) in [7, 11) is 0. The highest BCUT2D eigenvalue weighted by atomic mass is 32.2. The Morgan fingerprint density at radius 1 is 1.19 bits per heavy atom. The van der Waals surface area contributed by atoms with E-state index in [2.05, 4.69) is 45.8 Å². The number of nitrogens with zero attached hydrogens (tertiary/aromatic N) is 3. The molecule has 5 nitrogen and oxygen atoms in total. The predicted octanol–water partition coefficient (Wildman–Crippen LogP) is 4.91. The first-order chi connectivity index (χ1) is 13.2. The van der Waals surface area contributed by atoms with Crippen molar-refractivity contribution >= 4 is 45.2 Å². The van der Waals surface area contributed by atoms with Gasteiger partial charge in [-0.15, -0.1) is 23.1 Å². The summed E-state index contributed by atoms with van der Waals surface area (Å²) in [5.41, 5.74) is 3.91. The van der Waals surface area contributed by atoms with Crippen LogP contribution in [0.4, 0.5) is 5.13 Å². The number of thiazole rings is 1. The lowest BCUT2D eigenvalue weighted by Gasteiger charge is -2.04. The number of rotatable bonds is 6. The van der Waals surface area contributed by atoms with Crippen LogP contribution in [-0.2, 0) is 11.3 Å². The van der Waals surface area contributed by atoms with E-state index in [9.17, 15) is 4.79 Å². The SMILES string of the molecule is CSc1ccc(-c2csc(NC(=O)CCn3cnc4ccccc43)n2)cc1. The standard InChI is InChI=1S/C20H18N4OS2/c1-26-15-8-6-14(7-9-15)17-12-27-20(22-17)23-19(25)10-11-24-13-21-16-4-2-3-5-18(16)24/h2-9,12-13H,10-11H2,1H3,(H,22,23,25). The molecule has 0 radical (unpaired) electrons. The summed E-state index contributed by atoms with van der Waals surface area (Å²) < 4.78 is 2.00. The average molecular weight is 395 g/mol. The van der Waals surface area contributed by atoms with Gasteiger partial charge in [0.2, 0.25) is 5.91 Å². The molecule has 0 fully saturated rings. The number of benzene rings is 2.